The van der Waals surface area contributed by atoms with Crippen LogP contribution in [0, 0.1) is 11.8 Å². The summed E-state index contributed by atoms with van der Waals surface area (Å²) in [5.41, 5.74) is 0. The molecule has 1 heterocycles. The number of hydrogen-bond donors (Lipinski definition) is 1. The highest BCUT2D eigenvalue weighted by molar-refractivity contribution is 7.09. The number of carbonyl (C=O) groups is 2. The van der Waals surface area contributed by atoms with E-state index in [0.29, 0.717) is 13.0 Å². The Balaban J connectivity index is 2.81. The van der Waals surface area contributed by atoms with Gasteiger partial charge in [0, 0.05) is 25.0 Å². The Morgan fingerprint density at radius 2 is 1.81 bits per heavy atom. The van der Waals surface area contributed by atoms with Crippen molar-refractivity contribution in [2.45, 2.75) is 48.9 Å². The second-order valence-corrected chi connectivity index (χ2v) is 9.53. The minimum absolute atomic E-state index is 0.143. The Morgan fingerprint density at radius 3 is 2.31 bits per heavy atom. The van der Waals surface area contributed by atoms with E-state index in [9.17, 15) is 9.59 Å². The van der Waals surface area contributed by atoms with E-state index in [4.69, 9.17) is 46.4 Å². The van der Waals surface area contributed by atoms with Crippen LogP contribution in [0.4, 0.5) is 0 Å². The van der Waals surface area contributed by atoms with E-state index in [1.807, 2.05) is 12.3 Å². The van der Waals surface area contributed by atoms with E-state index in [2.05, 4.69) is 10.3 Å². The van der Waals surface area contributed by atoms with Gasteiger partial charge in [0.2, 0.25) is 11.8 Å². The number of halogens is 4. The fourth-order valence-electron chi connectivity index (χ4n) is 2.20. The molecule has 0 spiro atoms. The molecule has 0 aliphatic carbocycles. The maximum absolute atomic E-state index is 12.7. The first-order chi connectivity index (χ1) is 12.1. The van der Waals surface area contributed by atoms with Gasteiger partial charge in [-0.3, -0.25) is 9.59 Å². The summed E-state index contributed by atoms with van der Waals surface area (Å²) in [4.78, 5) is 29.5. The van der Waals surface area contributed by atoms with Crippen LogP contribution in [0.2, 0.25) is 0 Å². The summed E-state index contributed by atoms with van der Waals surface area (Å²) < 4.78 is 0. The van der Waals surface area contributed by atoms with Crippen molar-refractivity contribution in [2.75, 3.05) is 7.05 Å². The number of thiazole rings is 1. The molecule has 10 heteroatoms. The van der Waals surface area contributed by atoms with Crippen LogP contribution < -0.4 is 5.32 Å². The number of rotatable bonds is 10. The maximum Gasteiger partial charge on any atom is 0.243 e. The van der Waals surface area contributed by atoms with Gasteiger partial charge < -0.3 is 10.2 Å². The topological polar surface area (TPSA) is 62.3 Å². The second kappa shape index (κ2) is 11.5. The van der Waals surface area contributed by atoms with Crippen LogP contribution in [0.25, 0.3) is 0 Å². The summed E-state index contributed by atoms with van der Waals surface area (Å²) in [6.07, 6.45) is 2.15. The molecule has 0 aliphatic rings. The molecule has 1 rings (SSSR count). The van der Waals surface area contributed by atoms with Crippen LogP contribution in [-0.2, 0) is 16.1 Å². The fraction of sp³-hybridized carbons (Fsp3) is 0.688. The predicted octanol–water partition coefficient (Wildman–Crippen LogP) is 4.25. The van der Waals surface area contributed by atoms with Gasteiger partial charge in [0.15, 0.2) is 0 Å². The summed E-state index contributed by atoms with van der Waals surface area (Å²) in [6.45, 7) is 3.92. The number of alkyl halides is 4. The van der Waals surface area contributed by atoms with Crippen molar-refractivity contribution >= 4 is 69.6 Å². The van der Waals surface area contributed by atoms with Crippen molar-refractivity contribution in [3.8, 4) is 0 Å². The summed E-state index contributed by atoms with van der Waals surface area (Å²) in [5.74, 6) is -0.891. The molecular weight excluding hydrogens is 440 g/mol. The van der Waals surface area contributed by atoms with Crippen molar-refractivity contribution in [2.24, 2.45) is 11.8 Å². The van der Waals surface area contributed by atoms with E-state index in [0.717, 1.165) is 5.01 Å². The van der Waals surface area contributed by atoms with Crippen LogP contribution >= 0.6 is 57.7 Å². The number of amides is 2. The Morgan fingerprint density at radius 1 is 1.19 bits per heavy atom. The molecule has 1 aromatic rings. The van der Waals surface area contributed by atoms with Crippen LogP contribution in [0.15, 0.2) is 11.6 Å². The van der Waals surface area contributed by atoms with Crippen LogP contribution in [-0.4, -0.2) is 44.5 Å². The maximum atomic E-state index is 12.7. The molecule has 0 radical (unpaired) electrons. The van der Waals surface area contributed by atoms with Crippen molar-refractivity contribution in [1.82, 2.24) is 15.2 Å². The van der Waals surface area contributed by atoms with Crippen LogP contribution in [0.1, 0.15) is 31.7 Å². The molecule has 0 aromatic carbocycles. The molecule has 0 unspecified atom stereocenters. The SMILES string of the molecule is C[C@@H](CC(=O)N(C)[C@H](C[C@H](C)C(Cl)Cl)C(=O)NCc1nccs1)C(Cl)Cl. The van der Waals surface area contributed by atoms with Gasteiger partial charge in [0.1, 0.15) is 20.7 Å². The van der Waals surface area contributed by atoms with Gasteiger partial charge in [-0.2, -0.15) is 0 Å². The van der Waals surface area contributed by atoms with E-state index in [1.54, 1.807) is 20.2 Å². The molecule has 3 atom stereocenters. The highest BCUT2D eigenvalue weighted by Crippen LogP contribution is 2.24. The van der Waals surface area contributed by atoms with Gasteiger partial charge in [-0.1, -0.05) is 13.8 Å². The Hall–Kier alpha value is -0.270. The number of aromatic nitrogens is 1. The Kier molecular flexibility index (Phi) is 10.6. The van der Waals surface area contributed by atoms with E-state index < -0.39 is 15.7 Å². The number of carbonyl (C=O) groups excluding carboxylic acids is 2. The van der Waals surface area contributed by atoms with Crippen molar-refractivity contribution in [3.63, 3.8) is 0 Å². The first kappa shape index (κ1) is 23.8. The van der Waals surface area contributed by atoms with Crippen LogP contribution in [0.5, 0.6) is 0 Å². The lowest BCUT2D eigenvalue weighted by Gasteiger charge is -2.30. The lowest BCUT2D eigenvalue weighted by atomic mass is 10.00. The minimum atomic E-state index is -0.700. The van der Waals surface area contributed by atoms with Crippen LogP contribution in [0.3, 0.4) is 0 Å². The van der Waals surface area contributed by atoms with Crippen molar-refractivity contribution in [1.29, 1.82) is 0 Å². The third kappa shape index (κ3) is 7.77. The number of nitrogens with zero attached hydrogens (tertiary/aromatic N) is 2. The third-order valence-electron chi connectivity index (χ3n) is 4.01. The third-order valence-corrected chi connectivity index (χ3v) is 6.51. The van der Waals surface area contributed by atoms with Gasteiger partial charge in [0.25, 0.3) is 0 Å². The molecule has 1 aromatic heterocycles. The average Bonchev–Trinajstić information content (AvgIpc) is 3.09. The summed E-state index contributed by atoms with van der Waals surface area (Å²) in [5, 5.41) is 5.43. The summed E-state index contributed by atoms with van der Waals surface area (Å²) in [7, 11) is 1.59. The monoisotopic (exact) mass is 461 g/mol. The number of hydrogen-bond acceptors (Lipinski definition) is 4. The molecule has 1 N–H and O–H groups in total. The molecular formula is C16H23Cl4N3O2S. The zero-order valence-corrected chi connectivity index (χ0v) is 18.6. The quantitative estimate of drug-likeness (QED) is 0.528. The molecule has 0 fully saturated rings. The highest BCUT2D eigenvalue weighted by atomic mass is 35.5. The van der Waals surface area contributed by atoms with Gasteiger partial charge in [-0.15, -0.1) is 57.7 Å². The smallest absolute Gasteiger partial charge is 0.243 e. The van der Waals surface area contributed by atoms with E-state index in [1.165, 1.54) is 16.2 Å². The average molecular weight is 463 g/mol. The van der Waals surface area contributed by atoms with Gasteiger partial charge >= 0.3 is 0 Å². The Labute approximate surface area is 178 Å². The zero-order valence-electron chi connectivity index (χ0n) is 14.8. The zero-order chi connectivity index (χ0) is 19.9. The molecule has 0 bridgehead atoms. The normalized spacial score (nSPS) is 15.0. The fourth-order valence-corrected chi connectivity index (χ4v) is 3.14. The van der Waals surface area contributed by atoms with E-state index in [-0.39, 0.29) is 30.1 Å². The minimum Gasteiger partial charge on any atom is -0.348 e. The van der Waals surface area contributed by atoms with Gasteiger partial charge in [0.05, 0.1) is 6.54 Å². The molecule has 0 aliphatic heterocycles. The number of likely N-dealkylation sites (N-methyl/N-ethyl adjacent to an activating group) is 1. The number of nitrogens with one attached hydrogen (secondary N) is 1. The lowest BCUT2D eigenvalue weighted by molar-refractivity contribution is -0.140. The lowest BCUT2D eigenvalue weighted by Crippen LogP contribution is -2.49. The molecule has 5 nitrogen and oxygen atoms in total. The largest absolute Gasteiger partial charge is 0.348 e. The summed E-state index contributed by atoms with van der Waals surface area (Å²) in [6, 6.07) is -0.700. The molecule has 0 saturated carbocycles. The van der Waals surface area contributed by atoms with Crippen molar-refractivity contribution in [3.05, 3.63) is 16.6 Å². The predicted molar refractivity (Wildman–Crippen MR) is 109 cm³/mol. The summed E-state index contributed by atoms with van der Waals surface area (Å²) >= 11 is 25.0. The van der Waals surface area contributed by atoms with Gasteiger partial charge in [-0.05, 0) is 18.3 Å². The second-order valence-electron chi connectivity index (χ2n) is 6.23. The van der Waals surface area contributed by atoms with Crippen molar-refractivity contribution < 1.29 is 9.59 Å². The molecule has 148 valence electrons. The van der Waals surface area contributed by atoms with Gasteiger partial charge in [-0.25, -0.2) is 4.98 Å². The van der Waals surface area contributed by atoms with E-state index >= 15 is 0 Å². The first-order valence-electron chi connectivity index (χ1n) is 8.11. The molecule has 2 amide bonds. The standard InChI is InChI=1S/C16H23Cl4N3O2S/c1-9(14(17)18)6-11(16(25)22-8-12-21-4-5-26-12)23(3)13(24)7-10(2)15(19)20/h4-5,9-11,14-15H,6-8H2,1-3H3,(H,22,25)/t9-,10-,11+/m0/s1. The Bertz CT molecular complexity index is 572. The highest BCUT2D eigenvalue weighted by Gasteiger charge is 2.31. The first-order valence-corrected chi connectivity index (χ1v) is 10.7. The molecule has 26 heavy (non-hydrogen) atoms. The molecule has 0 saturated heterocycles.